The van der Waals surface area contributed by atoms with E-state index >= 15 is 0 Å². The van der Waals surface area contributed by atoms with Crippen molar-refractivity contribution in [1.82, 2.24) is 5.32 Å². The van der Waals surface area contributed by atoms with Crippen molar-refractivity contribution < 1.29 is 4.74 Å². The lowest BCUT2D eigenvalue weighted by atomic mass is 10.1. The minimum Gasteiger partial charge on any atom is -0.494 e. The van der Waals surface area contributed by atoms with Gasteiger partial charge in [0.05, 0.1) is 6.61 Å². The summed E-state index contributed by atoms with van der Waals surface area (Å²) in [5, 5.41) is 3.38. The molecule has 0 radical (unpaired) electrons. The zero-order chi connectivity index (χ0) is 12.0. The molecule has 0 saturated heterocycles. The standard InChI is InChI=1S/C14H21NO/c1-5-16-12(4)14-8-6-13(7-9-14)10-15-11(2)3/h6-9,11,15H,4-5,10H2,1-3H3. The van der Waals surface area contributed by atoms with Gasteiger partial charge in [0.1, 0.15) is 5.76 Å². The molecule has 0 spiro atoms. The second-order valence-corrected chi connectivity index (χ2v) is 4.09. The average molecular weight is 219 g/mol. The average Bonchev–Trinajstić information content (AvgIpc) is 2.27. The number of hydrogen-bond donors (Lipinski definition) is 1. The van der Waals surface area contributed by atoms with E-state index in [1.165, 1.54) is 5.56 Å². The molecule has 0 unspecified atom stereocenters. The van der Waals surface area contributed by atoms with E-state index in [2.05, 4.69) is 50.0 Å². The van der Waals surface area contributed by atoms with Crippen LogP contribution in [-0.4, -0.2) is 12.6 Å². The fraction of sp³-hybridized carbons (Fsp3) is 0.429. The van der Waals surface area contributed by atoms with Gasteiger partial charge in [-0.25, -0.2) is 0 Å². The second-order valence-electron chi connectivity index (χ2n) is 4.09. The molecule has 0 saturated carbocycles. The first-order valence-electron chi connectivity index (χ1n) is 5.78. The van der Waals surface area contributed by atoms with E-state index in [4.69, 9.17) is 4.74 Å². The van der Waals surface area contributed by atoms with Crippen molar-refractivity contribution in [3.63, 3.8) is 0 Å². The summed E-state index contributed by atoms with van der Waals surface area (Å²) in [6.45, 7) is 11.7. The summed E-state index contributed by atoms with van der Waals surface area (Å²) in [7, 11) is 0. The molecule has 0 aliphatic heterocycles. The maximum atomic E-state index is 5.36. The van der Waals surface area contributed by atoms with Crippen molar-refractivity contribution in [2.45, 2.75) is 33.4 Å². The highest BCUT2D eigenvalue weighted by atomic mass is 16.5. The molecule has 88 valence electrons. The van der Waals surface area contributed by atoms with E-state index in [9.17, 15) is 0 Å². The lowest BCUT2D eigenvalue weighted by Crippen LogP contribution is -2.21. The van der Waals surface area contributed by atoms with Crippen molar-refractivity contribution >= 4 is 5.76 Å². The summed E-state index contributed by atoms with van der Waals surface area (Å²) in [5.74, 6) is 0.742. The van der Waals surface area contributed by atoms with Crippen LogP contribution in [0.2, 0.25) is 0 Å². The van der Waals surface area contributed by atoms with Gasteiger partial charge in [-0.2, -0.15) is 0 Å². The van der Waals surface area contributed by atoms with Crippen LogP contribution in [0.4, 0.5) is 0 Å². The Labute approximate surface area is 98.3 Å². The topological polar surface area (TPSA) is 21.3 Å². The van der Waals surface area contributed by atoms with Crippen LogP contribution in [0, 0.1) is 0 Å². The molecule has 0 atom stereocenters. The monoisotopic (exact) mass is 219 g/mol. The van der Waals surface area contributed by atoms with E-state index in [1.54, 1.807) is 0 Å². The minimum absolute atomic E-state index is 0.512. The number of benzene rings is 1. The van der Waals surface area contributed by atoms with E-state index < -0.39 is 0 Å². The third-order valence-electron chi connectivity index (χ3n) is 2.31. The normalized spacial score (nSPS) is 10.5. The molecule has 2 heteroatoms. The van der Waals surface area contributed by atoms with Crippen LogP contribution in [0.15, 0.2) is 30.8 Å². The third kappa shape index (κ3) is 4.07. The molecule has 0 aliphatic rings. The maximum Gasteiger partial charge on any atom is 0.119 e. The molecule has 1 rings (SSSR count). The quantitative estimate of drug-likeness (QED) is 0.742. The van der Waals surface area contributed by atoms with Gasteiger partial charge in [-0.1, -0.05) is 44.7 Å². The third-order valence-corrected chi connectivity index (χ3v) is 2.31. The van der Waals surface area contributed by atoms with Crippen molar-refractivity contribution in [1.29, 1.82) is 0 Å². The molecule has 16 heavy (non-hydrogen) atoms. The van der Waals surface area contributed by atoms with Gasteiger partial charge in [-0.3, -0.25) is 0 Å². The molecule has 0 heterocycles. The van der Waals surface area contributed by atoms with Crippen molar-refractivity contribution in [2.24, 2.45) is 0 Å². The number of ether oxygens (including phenoxy) is 1. The first-order valence-corrected chi connectivity index (χ1v) is 5.78. The van der Waals surface area contributed by atoms with E-state index in [1.807, 2.05) is 6.92 Å². The highest BCUT2D eigenvalue weighted by molar-refractivity contribution is 5.57. The molecule has 0 aliphatic carbocycles. The number of nitrogens with one attached hydrogen (secondary N) is 1. The summed E-state index contributed by atoms with van der Waals surface area (Å²) in [6, 6.07) is 8.83. The smallest absolute Gasteiger partial charge is 0.119 e. The molecule has 0 amide bonds. The van der Waals surface area contributed by atoms with E-state index in [0.29, 0.717) is 12.6 Å². The van der Waals surface area contributed by atoms with Crippen LogP contribution in [0.25, 0.3) is 5.76 Å². The van der Waals surface area contributed by atoms with Crippen LogP contribution >= 0.6 is 0 Å². The van der Waals surface area contributed by atoms with Crippen molar-refractivity contribution in [3.8, 4) is 0 Å². The summed E-state index contributed by atoms with van der Waals surface area (Å²) in [5.41, 5.74) is 2.33. The van der Waals surface area contributed by atoms with Crippen LogP contribution < -0.4 is 5.32 Å². The fourth-order valence-corrected chi connectivity index (χ4v) is 1.39. The van der Waals surface area contributed by atoms with Gasteiger partial charge in [0.15, 0.2) is 0 Å². The molecular weight excluding hydrogens is 198 g/mol. The van der Waals surface area contributed by atoms with Crippen LogP contribution in [-0.2, 0) is 11.3 Å². The Morgan fingerprint density at radius 1 is 1.31 bits per heavy atom. The lowest BCUT2D eigenvalue weighted by Gasteiger charge is -2.10. The molecular formula is C14H21NO. The Kier molecular flexibility index (Phi) is 5.06. The molecule has 0 fully saturated rings. The van der Waals surface area contributed by atoms with Crippen molar-refractivity contribution in [3.05, 3.63) is 42.0 Å². The van der Waals surface area contributed by atoms with Crippen LogP contribution in [0.1, 0.15) is 31.9 Å². The SMILES string of the molecule is C=C(OCC)c1ccc(CNC(C)C)cc1. The molecule has 1 N–H and O–H groups in total. The highest BCUT2D eigenvalue weighted by Crippen LogP contribution is 2.14. The van der Waals surface area contributed by atoms with Gasteiger partial charge in [0, 0.05) is 18.2 Å². The van der Waals surface area contributed by atoms with Gasteiger partial charge >= 0.3 is 0 Å². The van der Waals surface area contributed by atoms with Gasteiger partial charge in [-0.15, -0.1) is 0 Å². The highest BCUT2D eigenvalue weighted by Gasteiger charge is 2.00. The Morgan fingerprint density at radius 2 is 1.94 bits per heavy atom. The fourth-order valence-electron chi connectivity index (χ4n) is 1.39. The molecule has 0 bridgehead atoms. The van der Waals surface area contributed by atoms with E-state index in [0.717, 1.165) is 17.9 Å². The zero-order valence-corrected chi connectivity index (χ0v) is 10.4. The van der Waals surface area contributed by atoms with Crippen LogP contribution in [0.3, 0.4) is 0 Å². The lowest BCUT2D eigenvalue weighted by molar-refractivity contribution is 0.299. The Hall–Kier alpha value is -1.28. The number of rotatable bonds is 6. The largest absolute Gasteiger partial charge is 0.494 e. The van der Waals surface area contributed by atoms with Gasteiger partial charge in [0.25, 0.3) is 0 Å². The van der Waals surface area contributed by atoms with Crippen molar-refractivity contribution in [2.75, 3.05) is 6.61 Å². The molecule has 2 nitrogen and oxygen atoms in total. The summed E-state index contributed by atoms with van der Waals surface area (Å²) in [6.07, 6.45) is 0. The Morgan fingerprint density at radius 3 is 2.44 bits per heavy atom. The van der Waals surface area contributed by atoms with Gasteiger partial charge in [0.2, 0.25) is 0 Å². The Bertz CT molecular complexity index is 327. The van der Waals surface area contributed by atoms with E-state index in [-0.39, 0.29) is 0 Å². The van der Waals surface area contributed by atoms with Gasteiger partial charge < -0.3 is 10.1 Å². The molecule has 1 aromatic rings. The summed E-state index contributed by atoms with van der Waals surface area (Å²) < 4.78 is 5.36. The van der Waals surface area contributed by atoms with Crippen LogP contribution in [0.5, 0.6) is 0 Å². The first-order chi connectivity index (χ1) is 7.63. The molecule has 0 aromatic heterocycles. The van der Waals surface area contributed by atoms with Gasteiger partial charge in [-0.05, 0) is 12.5 Å². The second kappa shape index (κ2) is 6.33. The maximum absolute atomic E-state index is 5.36. The Balaban J connectivity index is 2.57. The minimum atomic E-state index is 0.512. The predicted octanol–water partition coefficient (Wildman–Crippen LogP) is 3.19. The first kappa shape index (κ1) is 12.8. The zero-order valence-electron chi connectivity index (χ0n) is 10.4. The molecule has 1 aromatic carbocycles. The summed E-state index contributed by atoms with van der Waals surface area (Å²) in [4.78, 5) is 0. The summed E-state index contributed by atoms with van der Waals surface area (Å²) >= 11 is 0. The number of hydrogen-bond acceptors (Lipinski definition) is 2. The predicted molar refractivity (Wildman–Crippen MR) is 69.1 cm³/mol.